The molecule has 0 N–H and O–H groups in total. The van der Waals surface area contributed by atoms with Gasteiger partial charge in [0.1, 0.15) is 5.82 Å². The van der Waals surface area contributed by atoms with E-state index in [0.717, 1.165) is 41.5 Å². The zero-order valence-electron chi connectivity index (χ0n) is 17.9. The summed E-state index contributed by atoms with van der Waals surface area (Å²) in [5.74, 6) is 0.121. The van der Waals surface area contributed by atoms with E-state index >= 15 is 4.39 Å². The Kier molecular flexibility index (Phi) is 6.82. The molecule has 1 fully saturated rings. The lowest BCUT2D eigenvalue weighted by Crippen LogP contribution is -2.26. The highest BCUT2D eigenvalue weighted by atomic mass is 19.4. The average Bonchev–Trinajstić information content (AvgIpc) is 2.79. The van der Waals surface area contributed by atoms with Gasteiger partial charge in [-0.05, 0) is 54.0 Å². The van der Waals surface area contributed by atoms with Crippen LogP contribution in [0.4, 0.5) is 17.6 Å². The van der Waals surface area contributed by atoms with Crippen molar-refractivity contribution in [2.24, 2.45) is 5.92 Å². The Morgan fingerprint density at radius 3 is 2.28 bits per heavy atom. The number of hydrogen-bond acceptors (Lipinski definition) is 2. The SMILES string of the molecule is CCCC1COC(c2ccc3c(F)c(CCc4ccc(C(F)(F)F)cc4)ccc3c2)OC1. The third-order valence-electron chi connectivity index (χ3n) is 5.96. The molecule has 0 atom stereocenters. The Morgan fingerprint density at radius 1 is 0.906 bits per heavy atom. The fraction of sp³-hybridized carbons (Fsp3) is 0.385. The van der Waals surface area contributed by atoms with Gasteiger partial charge in [0.15, 0.2) is 6.29 Å². The highest BCUT2D eigenvalue weighted by Gasteiger charge is 2.30. The molecular formula is C26H26F4O2. The molecule has 2 nitrogen and oxygen atoms in total. The average molecular weight is 446 g/mol. The van der Waals surface area contributed by atoms with Crippen LogP contribution in [0.15, 0.2) is 54.6 Å². The van der Waals surface area contributed by atoms with Gasteiger partial charge in [0.05, 0.1) is 18.8 Å². The molecule has 0 saturated carbocycles. The molecule has 0 spiro atoms. The highest BCUT2D eigenvalue weighted by Crippen LogP contribution is 2.31. The zero-order chi connectivity index (χ0) is 22.7. The van der Waals surface area contributed by atoms with Crippen LogP contribution in [0.3, 0.4) is 0 Å². The van der Waals surface area contributed by atoms with Gasteiger partial charge in [-0.1, -0.05) is 49.7 Å². The van der Waals surface area contributed by atoms with Crippen LogP contribution in [0.2, 0.25) is 0 Å². The Morgan fingerprint density at radius 2 is 1.62 bits per heavy atom. The van der Waals surface area contributed by atoms with Gasteiger partial charge < -0.3 is 9.47 Å². The van der Waals surface area contributed by atoms with Crippen molar-refractivity contribution in [3.8, 4) is 0 Å². The molecule has 3 aromatic carbocycles. The summed E-state index contributed by atoms with van der Waals surface area (Å²) in [4.78, 5) is 0. The molecule has 1 heterocycles. The van der Waals surface area contributed by atoms with Crippen molar-refractivity contribution in [2.75, 3.05) is 13.2 Å². The van der Waals surface area contributed by atoms with Gasteiger partial charge in [0.2, 0.25) is 0 Å². The lowest BCUT2D eigenvalue weighted by molar-refractivity contribution is -0.206. The third-order valence-corrected chi connectivity index (χ3v) is 5.96. The number of benzene rings is 3. The van der Waals surface area contributed by atoms with Crippen LogP contribution in [0.1, 0.15) is 48.3 Å². The Labute approximate surface area is 185 Å². The molecular weight excluding hydrogens is 420 g/mol. The van der Waals surface area contributed by atoms with Gasteiger partial charge in [-0.15, -0.1) is 0 Å². The predicted molar refractivity (Wildman–Crippen MR) is 116 cm³/mol. The molecule has 6 heteroatoms. The quantitative estimate of drug-likeness (QED) is 0.372. The summed E-state index contributed by atoms with van der Waals surface area (Å²) in [7, 11) is 0. The predicted octanol–water partition coefficient (Wildman–Crippen LogP) is 7.24. The van der Waals surface area contributed by atoms with Gasteiger partial charge in [-0.2, -0.15) is 13.2 Å². The number of halogens is 4. The van der Waals surface area contributed by atoms with E-state index in [0.29, 0.717) is 42.9 Å². The third kappa shape index (κ3) is 5.13. The van der Waals surface area contributed by atoms with Gasteiger partial charge in [-0.25, -0.2) is 4.39 Å². The minimum atomic E-state index is -4.35. The molecule has 4 rings (SSSR count). The summed E-state index contributed by atoms with van der Waals surface area (Å²) in [5.41, 5.74) is 1.46. The molecule has 0 aliphatic carbocycles. The minimum absolute atomic E-state index is 0.297. The molecule has 0 amide bonds. The topological polar surface area (TPSA) is 18.5 Å². The Hall–Kier alpha value is -2.44. The first kappa shape index (κ1) is 22.7. The molecule has 0 bridgehead atoms. The Balaban J connectivity index is 1.44. The van der Waals surface area contributed by atoms with Crippen LogP contribution in [0.25, 0.3) is 10.8 Å². The van der Waals surface area contributed by atoms with Crippen LogP contribution in [0.5, 0.6) is 0 Å². The summed E-state index contributed by atoms with van der Waals surface area (Å²) in [6.45, 7) is 3.46. The van der Waals surface area contributed by atoms with Crippen molar-refractivity contribution in [3.05, 3.63) is 82.7 Å². The van der Waals surface area contributed by atoms with Crippen LogP contribution in [-0.4, -0.2) is 13.2 Å². The molecule has 1 saturated heterocycles. The smallest absolute Gasteiger partial charge is 0.348 e. The second-order valence-corrected chi connectivity index (χ2v) is 8.37. The van der Waals surface area contributed by atoms with Gasteiger partial charge in [0, 0.05) is 16.9 Å². The van der Waals surface area contributed by atoms with Crippen molar-refractivity contribution in [1.29, 1.82) is 0 Å². The van der Waals surface area contributed by atoms with Crippen molar-refractivity contribution < 1.29 is 27.0 Å². The number of alkyl halides is 3. The number of hydrogen-bond donors (Lipinski definition) is 0. The van der Waals surface area contributed by atoms with E-state index in [2.05, 4.69) is 6.92 Å². The molecule has 0 unspecified atom stereocenters. The fourth-order valence-electron chi connectivity index (χ4n) is 4.15. The van der Waals surface area contributed by atoms with E-state index in [1.807, 2.05) is 18.2 Å². The second-order valence-electron chi connectivity index (χ2n) is 8.37. The summed E-state index contributed by atoms with van der Waals surface area (Å²) < 4.78 is 64.9. The normalized spacial score (nSPS) is 19.4. The lowest BCUT2D eigenvalue weighted by atomic mass is 9.98. The van der Waals surface area contributed by atoms with Gasteiger partial charge >= 0.3 is 6.18 Å². The van der Waals surface area contributed by atoms with Crippen molar-refractivity contribution in [3.63, 3.8) is 0 Å². The number of fused-ring (bicyclic) bond motifs is 1. The van der Waals surface area contributed by atoms with E-state index < -0.39 is 18.0 Å². The van der Waals surface area contributed by atoms with Crippen LogP contribution < -0.4 is 0 Å². The minimum Gasteiger partial charge on any atom is -0.348 e. The van der Waals surface area contributed by atoms with Crippen molar-refractivity contribution in [1.82, 2.24) is 0 Å². The largest absolute Gasteiger partial charge is 0.416 e. The summed E-state index contributed by atoms with van der Waals surface area (Å²) in [5, 5.41) is 1.28. The van der Waals surface area contributed by atoms with Gasteiger partial charge in [0.25, 0.3) is 0 Å². The molecule has 1 aliphatic rings. The first-order valence-corrected chi connectivity index (χ1v) is 11.0. The van der Waals surface area contributed by atoms with E-state index in [1.165, 1.54) is 12.1 Å². The summed E-state index contributed by atoms with van der Waals surface area (Å²) in [6, 6.07) is 14.1. The lowest BCUT2D eigenvalue weighted by Gasteiger charge is -2.29. The van der Waals surface area contributed by atoms with E-state index in [1.54, 1.807) is 12.1 Å². The Bertz CT molecular complexity index is 1050. The maximum Gasteiger partial charge on any atom is 0.416 e. The van der Waals surface area contributed by atoms with Crippen LogP contribution >= 0.6 is 0 Å². The van der Waals surface area contributed by atoms with Crippen LogP contribution in [-0.2, 0) is 28.5 Å². The molecule has 1 aliphatic heterocycles. The summed E-state index contributed by atoms with van der Waals surface area (Å²) >= 11 is 0. The number of ether oxygens (including phenoxy) is 2. The number of rotatable bonds is 6. The number of aryl methyl sites for hydroxylation is 2. The maximum atomic E-state index is 15.1. The molecule has 0 aromatic heterocycles. The van der Waals surface area contributed by atoms with E-state index in [-0.39, 0.29) is 5.82 Å². The molecule has 32 heavy (non-hydrogen) atoms. The highest BCUT2D eigenvalue weighted by molar-refractivity contribution is 5.84. The summed E-state index contributed by atoms with van der Waals surface area (Å²) in [6.07, 6.45) is -1.75. The van der Waals surface area contributed by atoms with Crippen LogP contribution in [0, 0.1) is 11.7 Å². The molecule has 0 radical (unpaired) electrons. The fourth-order valence-corrected chi connectivity index (χ4v) is 4.15. The van der Waals surface area contributed by atoms with Gasteiger partial charge in [-0.3, -0.25) is 0 Å². The maximum absolute atomic E-state index is 15.1. The molecule has 3 aromatic rings. The monoisotopic (exact) mass is 446 g/mol. The van der Waals surface area contributed by atoms with E-state index in [9.17, 15) is 13.2 Å². The zero-order valence-corrected chi connectivity index (χ0v) is 17.9. The first-order valence-electron chi connectivity index (χ1n) is 11.0. The molecule has 170 valence electrons. The van der Waals surface area contributed by atoms with E-state index in [4.69, 9.17) is 9.47 Å². The van der Waals surface area contributed by atoms with Crippen molar-refractivity contribution in [2.45, 2.75) is 45.1 Å². The second kappa shape index (κ2) is 9.59. The first-order chi connectivity index (χ1) is 15.3. The standard InChI is InChI=1S/C26H26F4O2/c1-2-3-18-15-31-25(32-16-18)21-10-13-23-20(14-21)9-8-19(24(23)27)7-4-17-5-11-22(12-6-17)26(28,29)30/h5-6,8-14,18,25H,2-4,7,15-16H2,1H3. The van der Waals surface area contributed by atoms with Crippen molar-refractivity contribution >= 4 is 10.8 Å².